The summed E-state index contributed by atoms with van der Waals surface area (Å²) < 4.78 is 27.8. The van der Waals surface area contributed by atoms with E-state index in [1.54, 1.807) is 6.20 Å². The number of alkyl halides is 2. The van der Waals surface area contributed by atoms with Gasteiger partial charge >= 0.3 is 0 Å². The molecule has 1 N–H and O–H groups in total. The molecule has 1 heterocycles. The smallest absolute Gasteiger partial charge is 0.248 e. The molecule has 3 nitrogen and oxygen atoms in total. The van der Waals surface area contributed by atoms with Gasteiger partial charge in [-0.1, -0.05) is 0 Å². The van der Waals surface area contributed by atoms with Gasteiger partial charge in [0.1, 0.15) is 5.82 Å². The van der Waals surface area contributed by atoms with Crippen LogP contribution in [0.15, 0.2) is 12.4 Å². The van der Waals surface area contributed by atoms with E-state index in [-0.39, 0.29) is 18.8 Å². The third kappa shape index (κ3) is 3.03. The number of hydrogen-bond donors (Lipinski definition) is 1. The summed E-state index contributed by atoms with van der Waals surface area (Å²) in [5, 5.41) is 10.0. The van der Waals surface area contributed by atoms with Crippen LogP contribution in [0.2, 0.25) is 0 Å². The van der Waals surface area contributed by atoms with Crippen molar-refractivity contribution in [3.05, 3.63) is 18.2 Å². The van der Waals surface area contributed by atoms with Crippen LogP contribution in [0.1, 0.15) is 31.5 Å². The lowest BCUT2D eigenvalue weighted by atomic mass is 9.82. The van der Waals surface area contributed by atoms with Crippen LogP contribution < -0.4 is 0 Å². The molecule has 1 unspecified atom stereocenters. The number of rotatable bonds is 3. The molecule has 0 amide bonds. The fraction of sp³-hybridized carbons (Fsp3) is 0.750. The number of nitrogens with zero attached hydrogens (tertiary/aromatic N) is 2. The summed E-state index contributed by atoms with van der Waals surface area (Å²) in [6.45, 7) is 0. The van der Waals surface area contributed by atoms with Gasteiger partial charge in [0, 0.05) is 38.7 Å². The SMILES string of the molecule is Cn1ccnc1CC(O)C1CCC(F)(F)CC1. The van der Waals surface area contributed by atoms with Crippen molar-refractivity contribution in [2.75, 3.05) is 0 Å². The lowest BCUT2D eigenvalue weighted by Crippen LogP contribution is -2.32. The number of aryl methyl sites for hydroxylation is 1. The number of aliphatic hydroxyl groups is 1. The van der Waals surface area contributed by atoms with E-state index >= 15 is 0 Å². The molecule has 0 spiro atoms. The van der Waals surface area contributed by atoms with Gasteiger partial charge in [-0.2, -0.15) is 0 Å². The first-order valence-corrected chi connectivity index (χ1v) is 6.00. The Morgan fingerprint density at radius 1 is 1.53 bits per heavy atom. The topological polar surface area (TPSA) is 38.0 Å². The minimum atomic E-state index is -2.53. The highest BCUT2D eigenvalue weighted by Gasteiger charge is 2.37. The number of hydrogen-bond acceptors (Lipinski definition) is 2. The average molecular weight is 244 g/mol. The van der Waals surface area contributed by atoms with Crippen molar-refractivity contribution in [1.29, 1.82) is 0 Å². The third-order valence-electron chi connectivity index (χ3n) is 3.62. The Labute approximate surface area is 99.5 Å². The zero-order chi connectivity index (χ0) is 12.5. The van der Waals surface area contributed by atoms with Crippen molar-refractivity contribution in [1.82, 2.24) is 9.55 Å². The molecule has 1 fully saturated rings. The van der Waals surface area contributed by atoms with E-state index in [1.165, 1.54) is 0 Å². The second kappa shape index (κ2) is 4.72. The van der Waals surface area contributed by atoms with Gasteiger partial charge in [0.2, 0.25) is 5.92 Å². The highest BCUT2D eigenvalue weighted by molar-refractivity contribution is 4.95. The van der Waals surface area contributed by atoms with Crippen LogP contribution >= 0.6 is 0 Å². The van der Waals surface area contributed by atoms with Crippen LogP contribution in [0.5, 0.6) is 0 Å². The maximum absolute atomic E-state index is 13.0. The third-order valence-corrected chi connectivity index (χ3v) is 3.62. The molecule has 0 aliphatic heterocycles. The molecule has 0 saturated heterocycles. The molecule has 0 aromatic carbocycles. The van der Waals surface area contributed by atoms with E-state index in [0.717, 1.165) is 5.82 Å². The van der Waals surface area contributed by atoms with Gasteiger partial charge in [-0.3, -0.25) is 0 Å². The molecule has 0 radical (unpaired) electrons. The van der Waals surface area contributed by atoms with Crippen LogP contribution in [0.4, 0.5) is 8.78 Å². The van der Waals surface area contributed by atoms with Crippen LogP contribution in [-0.2, 0) is 13.5 Å². The standard InChI is InChI=1S/C12H18F2N2O/c1-16-7-6-15-11(16)8-10(17)9-2-4-12(13,14)5-3-9/h6-7,9-10,17H,2-5,8H2,1H3. The molecular formula is C12H18F2N2O. The summed E-state index contributed by atoms with van der Waals surface area (Å²) >= 11 is 0. The predicted molar refractivity (Wildman–Crippen MR) is 59.8 cm³/mol. The van der Waals surface area contributed by atoms with E-state index in [4.69, 9.17) is 0 Å². The van der Waals surface area contributed by atoms with Crippen molar-refractivity contribution in [3.8, 4) is 0 Å². The van der Waals surface area contributed by atoms with E-state index in [1.807, 2.05) is 17.8 Å². The maximum Gasteiger partial charge on any atom is 0.248 e. The summed E-state index contributed by atoms with van der Waals surface area (Å²) in [7, 11) is 1.87. The molecule has 96 valence electrons. The van der Waals surface area contributed by atoms with Gasteiger partial charge in [-0.05, 0) is 18.8 Å². The minimum absolute atomic E-state index is 0.0219. The summed E-state index contributed by atoms with van der Waals surface area (Å²) in [5.74, 6) is -1.75. The molecule has 0 bridgehead atoms. The summed E-state index contributed by atoms with van der Waals surface area (Å²) in [5.41, 5.74) is 0. The molecule has 2 rings (SSSR count). The second-order valence-electron chi connectivity index (χ2n) is 4.92. The molecule has 1 aliphatic rings. The maximum atomic E-state index is 13.0. The average Bonchev–Trinajstić information content (AvgIpc) is 2.64. The molecule has 1 aliphatic carbocycles. The second-order valence-corrected chi connectivity index (χ2v) is 4.92. The Kier molecular flexibility index (Phi) is 3.47. The molecule has 17 heavy (non-hydrogen) atoms. The van der Waals surface area contributed by atoms with Crippen molar-refractivity contribution >= 4 is 0 Å². The highest BCUT2D eigenvalue weighted by atomic mass is 19.3. The minimum Gasteiger partial charge on any atom is -0.392 e. The largest absolute Gasteiger partial charge is 0.392 e. The molecular weight excluding hydrogens is 226 g/mol. The summed E-state index contributed by atoms with van der Waals surface area (Å²) in [4.78, 5) is 4.13. The molecule has 1 saturated carbocycles. The van der Waals surface area contributed by atoms with E-state index in [2.05, 4.69) is 4.98 Å². The van der Waals surface area contributed by atoms with Gasteiger partial charge in [0.15, 0.2) is 0 Å². The number of imidazole rings is 1. The van der Waals surface area contributed by atoms with Crippen LogP contribution in [0, 0.1) is 5.92 Å². The van der Waals surface area contributed by atoms with E-state index < -0.39 is 12.0 Å². The Hall–Kier alpha value is -0.970. The van der Waals surface area contributed by atoms with Gasteiger partial charge in [-0.25, -0.2) is 13.8 Å². The first-order chi connectivity index (χ1) is 7.98. The number of aromatic nitrogens is 2. The Bertz CT molecular complexity index is 368. The lowest BCUT2D eigenvalue weighted by molar-refractivity contribution is -0.0621. The van der Waals surface area contributed by atoms with Crippen molar-refractivity contribution < 1.29 is 13.9 Å². The lowest BCUT2D eigenvalue weighted by Gasteiger charge is -2.31. The first kappa shape index (κ1) is 12.5. The van der Waals surface area contributed by atoms with Crippen molar-refractivity contribution in [2.24, 2.45) is 13.0 Å². The molecule has 5 heteroatoms. The van der Waals surface area contributed by atoms with Crippen LogP contribution in [0.3, 0.4) is 0 Å². The van der Waals surface area contributed by atoms with Gasteiger partial charge in [0.05, 0.1) is 6.10 Å². The summed E-state index contributed by atoms with van der Waals surface area (Å²) in [6.07, 6.45) is 3.97. The van der Waals surface area contributed by atoms with Gasteiger partial charge in [0.25, 0.3) is 0 Å². The highest BCUT2D eigenvalue weighted by Crippen LogP contribution is 2.37. The Morgan fingerprint density at radius 3 is 2.71 bits per heavy atom. The van der Waals surface area contributed by atoms with E-state index in [9.17, 15) is 13.9 Å². The van der Waals surface area contributed by atoms with Crippen LogP contribution in [-0.4, -0.2) is 26.7 Å². The molecule has 1 aromatic heterocycles. The fourth-order valence-electron chi connectivity index (χ4n) is 2.39. The zero-order valence-corrected chi connectivity index (χ0v) is 9.94. The van der Waals surface area contributed by atoms with Crippen molar-refractivity contribution in [3.63, 3.8) is 0 Å². The van der Waals surface area contributed by atoms with Crippen LogP contribution in [0.25, 0.3) is 0 Å². The number of halogens is 2. The first-order valence-electron chi connectivity index (χ1n) is 6.00. The number of aliphatic hydroxyl groups excluding tert-OH is 1. The Balaban J connectivity index is 1.89. The molecule has 1 atom stereocenters. The van der Waals surface area contributed by atoms with Gasteiger partial charge < -0.3 is 9.67 Å². The zero-order valence-electron chi connectivity index (χ0n) is 9.94. The monoisotopic (exact) mass is 244 g/mol. The predicted octanol–water partition coefficient (Wildman–Crippen LogP) is 2.15. The quantitative estimate of drug-likeness (QED) is 0.884. The van der Waals surface area contributed by atoms with Gasteiger partial charge in [-0.15, -0.1) is 0 Å². The Morgan fingerprint density at radius 2 is 2.18 bits per heavy atom. The fourth-order valence-corrected chi connectivity index (χ4v) is 2.39. The normalized spacial score (nSPS) is 22.6. The molecule has 1 aromatic rings. The van der Waals surface area contributed by atoms with E-state index in [0.29, 0.717) is 19.3 Å². The van der Waals surface area contributed by atoms with Crippen molar-refractivity contribution in [2.45, 2.75) is 44.1 Å². The summed E-state index contributed by atoms with van der Waals surface area (Å²) in [6, 6.07) is 0.